The number of para-hydroxylation sites is 2. The molecule has 3 aromatic carbocycles. The van der Waals surface area contributed by atoms with Gasteiger partial charge in [-0.3, -0.25) is 0 Å². The van der Waals surface area contributed by atoms with E-state index in [4.69, 9.17) is 19.4 Å². The first kappa shape index (κ1) is 20.3. The smallest absolute Gasteiger partial charge is 0.180 e. The molecule has 0 atom stereocenters. The third-order valence-corrected chi connectivity index (χ3v) is 5.52. The number of nitrogens with zero attached hydrogens (tertiary/aromatic N) is 2. The molecule has 0 aliphatic carbocycles. The monoisotopic (exact) mass is 482 g/mol. The Balaban J connectivity index is 1.69. The minimum atomic E-state index is 0.603. The van der Waals surface area contributed by atoms with Crippen molar-refractivity contribution in [3.8, 4) is 11.5 Å². The number of methoxy groups -OCH3 is 2. The van der Waals surface area contributed by atoms with Crippen LogP contribution in [0.5, 0.6) is 11.5 Å². The Morgan fingerprint density at radius 1 is 0.800 bits per heavy atom. The van der Waals surface area contributed by atoms with E-state index in [1.807, 2.05) is 66.7 Å². The molecule has 4 rings (SSSR count). The van der Waals surface area contributed by atoms with Crippen LogP contribution in [0.3, 0.4) is 0 Å². The van der Waals surface area contributed by atoms with Gasteiger partial charge in [0.2, 0.25) is 0 Å². The lowest BCUT2D eigenvalue weighted by atomic mass is 10.2. The number of halogens is 1. The quantitative estimate of drug-likeness (QED) is 0.300. The van der Waals surface area contributed by atoms with Crippen LogP contribution in [0.2, 0.25) is 0 Å². The van der Waals surface area contributed by atoms with Crippen molar-refractivity contribution in [2.75, 3.05) is 24.3 Å². The second-order valence-corrected chi connectivity index (χ2v) is 8.09. The fourth-order valence-corrected chi connectivity index (χ4v) is 4.05. The average molecular weight is 483 g/mol. The molecule has 2 N–H and O–H groups in total. The third kappa shape index (κ3) is 4.77. The van der Waals surface area contributed by atoms with Crippen LogP contribution >= 0.6 is 27.9 Å². The summed E-state index contributed by atoms with van der Waals surface area (Å²) in [6.07, 6.45) is 0. The second kappa shape index (κ2) is 9.23. The molecule has 152 valence electrons. The molecular weight excluding hydrogens is 464 g/mol. The van der Waals surface area contributed by atoms with Crippen LogP contribution < -0.4 is 19.5 Å². The highest BCUT2D eigenvalue weighted by atomic mass is 79.9. The topological polar surface area (TPSA) is 68.3 Å². The van der Waals surface area contributed by atoms with Crippen LogP contribution in [-0.2, 0) is 0 Å². The molecule has 0 fully saturated rings. The lowest BCUT2D eigenvalue weighted by Gasteiger charge is -2.14. The summed E-state index contributed by atoms with van der Waals surface area (Å²) in [6, 6.07) is 21.4. The van der Waals surface area contributed by atoms with E-state index in [1.165, 1.54) is 11.9 Å². The van der Waals surface area contributed by atoms with Gasteiger partial charge in [-0.25, -0.2) is 9.97 Å². The van der Waals surface area contributed by atoms with Crippen LogP contribution in [0.15, 0.2) is 76.1 Å². The van der Waals surface area contributed by atoms with Gasteiger partial charge in [-0.1, -0.05) is 34.1 Å². The van der Waals surface area contributed by atoms with E-state index in [2.05, 4.69) is 26.0 Å². The molecule has 0 amide bonds. The number of aromatic nitrogens is 2. The van der Waals surface area contributed by atoms with Crippen molar-refractivity contribution >= 4 is 56.2 Å². The van der Waals surface area contributed by atoms with Gasteiger partial charge >= 0.3 is 0 Å². The van der Waals surface area contributed by atoms with Gasteiger partial charge in [-0.15, -0.1) is 0 Å². The van der Waals surface area contributed by atoms with E-state index in [-0.39, 0.29) is 0 Å². The Kier molecular flexibility index (Phi) is 6.25. The lowest BCUT2D eigenvalue weighted by Crippen LogP contribution is -2.02. The zero-order valence-corrected chi connectivity index (χ0v) is 18.8. The number of benzene rings is 3. The van der Waals surface area contributed by atoms with E-state index in [0.29, 0.717) is 23.1 Å². The Bertz CT molecular complexity index is 1170. The first-order valence-corrected chi connectivity index (χ1v) is 10.7. The van der Waals surface area contributed by atoms with Crippen molar-refractivity contribution in [2.24, 2.45) is 0 Å². The Hall–Kier alpha value is -2.97. The largest absolute Gasteiger partial charge is 0.497 e. The number of rotatable bonds is 7. The number of hydrogen-bond donors (Lipinski definition) is 2. The van der Waals surface area contributed by atoms with Crippen molar-refractivity contribution in [2.45, 2.75) is 4.90 Å². The minimum absolute atomic E-state index is 0.603. The SMILES string of the molecule is COc1cc(Nc2nc3ccccc3nc2NSc2cccc(Br)c2)cc(OC)c1. The molecule has 0 aliphatic heterocycles. The summed E-state index contributed by atoms with van der Waals surface area (Å²) in [7, 11) is 3.24. The lowest BCUT2D eigenvalue weighted by molar-refractivity contribution is 0.395. The maximum absolute atomic E-state index is 5.37. The maximum Gasteiger partial charge on any atom is 0.180 e. The average Bonchev–Trinajstić information content (AvgIpc) is 2.77. The molecule has 0 radical (unpaired) electrons. The Morgan fingerprint density at radius 3 is 2.10 bits per heavy atom. The highest BCUT2D eigenvalue weighted by molar-refractivity contribution is 9.10. The molecule has 0 bridgehead atoms. The maximum atomic E-state index is 5.37. The molecule has 6 nitrogen and oxygen atoms in total. The standard InChI is InChI=1S/C22H19BrN4O2S/c1-28-16-11-15(12-17(13-16)29-2)24-21-22(26-20-9-4-3-8-19(20)25-21)27-30-18-7-5-6-14(23)10-18/h3-13H,1-2H3,(H,24,25)(H,26,27). The number of hydrogen-bond acceptors (Lipinski definition) is 7. The molecule has 0 saturated heterocycles. The fourth-order valence-electron chi connectivity index (χ4n) is 2.81. The summed E-state index contributed by atoms with van der Waals surface area (Å²) in [4.78, 5) is 10.6. The molecule has 0 aliphatic rings. The van der Waals surface area contributed by atoms with Gasteiger partial charge in [0.15, 0.2) is 11.6 Å². The number of fused-ring (bicyclic) bond motifs is 1. The van der Waals surface area contributed by atoms with E-state index in [1.54, 1.807) is 14.2 Å². The molecule has 8 heteroatoms. The predicted octanol–water partition coefficient (Wildman–Crippen LogP) is 6.27. The van der Waals surface area contributed by atoms with Crippen molar-refractivity contribution in [3.05, 3.63) is 71.2 Å². The summed E-state index contributed by atoms with van der Waals surface area (Å²) in [5, 5.41) is 3.34. The van der Waals surface area contributed by atoms with E-state index >= 15 is 0 Å². The predicted molar refractivity (Wildman–Crippen MR) is 126 cm³/mol. The fraction of sp³-hybridized carbons (Fsp3) is 0.0909. The van der Waals surface area contributed by atoms with Crippen molar-refractivity contribution in [1.82, 2.24) is 9.97 Å². The van der Waals surface area contributed by atoms with Gasteiger partial charge < -0.3 is 19.5 Å². The zero-order valence-electron chi connectivity index (χ0n) is 16.3. The molecule has 0 unspecified atom stereocenters. The summed E-state index contributed by atoms with van der Waals surface area (Å²) in [5.41, 5.74) is 2.39. The highest BCUT2D eigenvalue weighted by Gasteiger charge is 2.11. The summed E-state index contributed by atoms with van der Waals surface area (Å²) < 4.78 is 15.1. The first-order chi connectivity index (χ1) is 14.6. The van der Waals surface area contributed by atoms with E-state index in [9.17, 15) is 0 Å². The van der Waals surface area contributed by atoms with Crippen LogP contribution in [0.1, 0.15) is 0 Å². The van der Waals surface area contributed by atoms with Gasteiger partial charge in [-0.2, -0.15) is 0 Å². The third-order valence-electron chi connectivity index (χ3n) is 4.25. The molecule has 1 heterocycles. The molecule has 0 saturated carbocycles. The second-order valence-electron chi connectivity index (χ2n) is 6.30. The Morgan fingerprint density at radius 2 is 1.47 bits per heavy atom. The summed E-state index contributed by atoms with van der Waals surface area (Å²) in [5.74, 6) is 2.60. The van der Waals surface area contributed by atoms with Crippen LogP contribution in [0.25, 0.3) is 11.0 Å². The van der Waals surface area contributed by atoms with Gasteiger partial charge in [0.05, 0.1) is 25.3 Å². The van der Waals surface area contributed by atoms with Crippen LogP contribution in [0, 0.1) is 0 Å². The van der Waals surface area contributed by atoms with E-state index in [0.717, 1.165) is 26.1 Å². The van der Waals surface area contributed by atoms with Gasteiger partial charge in [0, 0.05) is 33.3 Å². The van der Waals surface area contributed by atoms with Gasteiger partial charge in [-0.05, 0) is 42.3 Å². The van der Waals surface area contributed by atoms with Crippen LogP contribution in [0.4, 0.5) is 17.3 Å². The minimum Gasteiger partial charge on any atom is -0.497 e. The van der Waals surface area contributed by atoms with E-state index < -0.39 is 0 Å². The summed E-state index contributed by atoms with van der Waals surface area (Å²) >= 11 is 4.97. The van der Waals surface area contributed by atoms with Gasteiger partial charge in [0.1, 0.15) is 11.5 Å². The molecule has 1 aromatic heterocycles. The van der Waals surface area contributed by atoms with Crippen LogP contribution in [-0.4, -0.2) is 24.2 Å². The van der Waals surface area contributed by atoms with Crippen molar-refractivity contribution in [3.63, 3.8) is 0 Å². The van der Waals surface area contributed by atoms with Gasteiger partial charge in [0.25, 0.3) is 0 Å². The molecule has 0 spiro atoms. The molecular formula is C22H19BrN4O2S. The number of anilines is 3. The highest BCUT2D eigenvalue weighted by Crippen LogP contribution is 2.32. The Labute approximate surface area is 187 Å². The number of ether oxygens (including phenoxy) is 2. The number of nitrogens with one attached hydrogen (secondary N) is 2. The normalized spacial score (nSPS) is 10.6. The molecule has 30 heavy (non-hydrogen) atoms. The van der Waals surface area contributed by atoms with Crippen molar-refractivity contribution < 1.29 is 9.47 Å². The van der Waals surface area contributed by atoms with Crippen molar-refractivity contribution in [1.29, 1.82) is 0 Å². The summed E-state index contributed by atoms with van der Waals surface area (Å²) in [6.45, 7) is 0. The molecule has 4 aromatic rings. The first-order valence-electron chi connectivity index (χ1n) is 9.10. The zero-order chi connectivity index (χ0) is 20.9.